The van der Waals surface area contributed by atoms with E-state index in [4.69, 9.17) is 5.73 Å². The molecule has 1 saturated heterocycles. The molecule has 0 amide bonds. The van der Waals surface area contributed by atoms with Crippen molar-refractivity contribution in [3.05, 3.63) is 0 Å². The zero-order valence-corrected chi connectivity index (χ0v) is 12.7. The smallest absolute Gasteiger partial charge is 0.0192 e. The van der Waals surface area contributed by atoms with Gasteiger partial charge in [0, 0.05) is 38.3 Å². The van der Waals surface area contributed by atoms with Crippen LogP contribution in [0, 0.1) is 11.3 Å². The van der Waals surface area contributed by atoms with Gasteiger partial charge in [-0.1, -0.05) is 13.8 Å². The van der Waals surface area contributed by atoms with E-state index in [1.807, 2.05) is 0 Å². The molecule has 18 heavy (non-hydrogen) atoms. The van der Waals surface area contributed by atoms with Crippen molar-refractivity contribution in [3.63, 3.8) is 0 Å². The summed E-state index contributed by atoms with van der Waals surface area (Å²) in [6.07, 6.45) is 3.81. The summed E-state index contributed by atoms with van der Waals surface area (Å²) >= 11 is 0. The molecular formula is C15H31N3. The molecule has 0 aromatic rings. The van der Waals surface area contributed by atoms with E-state index < -0.39 is 0 Å². The van der Waals surface area contributed by atoms with Crippen molar-refractivity contribution in [2.75, 3.05) is 33.2 Å². The summed E-state index contributed by atoms with van der Waals surface area (Å²) < 4.78 is 0. The van der Waals surface area contributed by atoms with Crippen LogP contribution in [0.3, 0.4) is 0 Å². The van der Waals surface area contributed by atoms with Crippen molar-refractivity contribution in [3.8, 4) is 0 Å². The Balaban J connectivity index is 1.88. The molecule has 1 heterocycles. The van der Waals surface area contributed by atoms with Crippen LogP contribution in [-0.4, -0.2) is 55.1 Å². The Morgan fingerprint density at radius 1 is 1.28 bits per heavy atom. The first-order valence-corrected chi connectivity index (χ1v) is 7.55. The van der Waals surface area contributed by atoms with Gasteiger partial charge in [0.1, 0.15) is 0 Å². The van der Waals surface area contributed by atoms with Gasteiger partial charge in [-0.05, 0) is 44.6 Å². The molecule has 1 saturated carbocycles. The lowest BCUT2D eigenvalue weighted by Crippen LogP contribution is -2.53. The van der Waals surface area contributed by atoms with Gasteiger partial charge in [-0.25, -0.2) is 0 Å². The van der Waals surface area contributed by atoms with Crippen molar-refractivity contribution in [1.29, 1.82) is 0 Å². The number of nitrogens with two attached hydrogens (primary N) is 1. The zero-order valence-electron chi connectivity index (χ0n) is 12.7. The van der Waals surface area contributed by atoms with Crippen LogP contribution in [0.1, 0.15) is 40.0 Å². The van der Waals surface area contributed by atoms with Crippen molar-refractivity contribution in [2.24, 2.45) is 17.1 Å². The van der Waals surface area contributed by atoms with Gasteiger partial charge in [-0.2, -0.15) is 0 Å². The Kier molecular flexibility index (Phi) is 4.35. The SMILES string of the molecule is CC1CN(CC2CC(C)(C)CCC2N)CCN1C. The molecule has 0 bridgehead atoms. The molecule has 2 N–H and O–H groups in total. The molecule has 0 spiro atoms. The van der Waals surface area contributed by atoms with E-state index in [9.17, 15) is 0 Å². The highest BCUT2D eigenvalue weighted by molar-refractivity contribution is 4.89. The van der Waals surface area contributed by atoms with E-state index in [2.05, 4.69) is 37.6 Å². The molecule has 1 aliphatic carbocycles. The molecule has 0 radical (unpaired) electrons. The van der Waals surface area contributed by atoms with Gasteiger partial charge in [0.2, 0.25) is 0 Å². The fourth-order valence-electron chi connectivity index (χ4n) is 3.58. The van der Waals surface area contributed by atoms with Gasteiger partial charge in [0.15, 0.2) is 0 Å². The van der Waals surface area contributed by atoms with Crippen molar-refractivity contribution in [2.45, 2.75) is 52.1 Å². The Hall–Kier alpha value is -0.120. The summed E-state index contributed by atoms with van der Waals surface area (Å²) in [7, 11) is 2.23. The summed E-state index contributed by atoms with van der Waals surface area (Å²) in [5.41, 5.74) is 6.84. The second kappa shape index (κ2) is 5.48. The third kappa shape index (κ3) is 3.46. The van der Waals surface area contributed by atoms with E-state index in [0.29, 0.717) is 23.4 Å². The molecule has 2 rings (SSSR count). The molecule has 1 aliphatic heterocycles. The summed E-state index contributed by atoms with van der Waals surface area (Å²) in [5.74, 6) is 0.698. The second-order valence-corrected chi connectivity index (χ2v) is 7.42. The molecule has 3 atom stereocenters. The minimum atomic E-state index is 0.424. The van der Waals surface area contributed by atoms with Crippen LogP contribution < -0.4 is 5.73 Å². The van der Waals surface area contributed by atoms with Crippen LogP contribution in [0.15, 0.2) is 0 Å². The van der Waals surface area contributed by atoms with Gasteiger partial charge in [-0.15, -0.1) is 0 Å². The number of hydrogen-bond donors (Lipinski definition) is 1. The molecule has 2 fully saturated rings. The molecule has 0 aromatic carbocycles. The highest BCUT2D eigenvalue weighted by atomic mass is 15.3. The topological polar surface area (TPSA) is 32.5 Å². The van der Waals surface area contributed by atoms with Gasteiger partial charge < -0.3 is 15.5 Å². The third-order valence-corrected chi connectivity index (χ3v) is 5.11. The first-order chi connectivity index (χ1) is 8.37. The van der Waals surface area contributed by atoms with Crippen LogP contribution >= 0.6 is 0 Å². The quantitative estimate of drug-likeness (QED) is 0.814. The summed E-state index contributed by atoms with van der Waals surface area (Å²) in [6, 6.07) is 1.11. The van der Waals surface area contributed by atoms with E-state index in [1.54, 1.807) is 0 Å². The fourth-order valence-corrected chi connectivity index (χ4v) is 3.58. The summed E-state index contributed by atoms with van der Waals surface area (Å²) in [6.45, 7) is 12.0. The molecule has 3 heteroatoms. The maximum atomic E-state index is 6.34. The predicted octanol–water partition coefficient (Wildman–Crippen LogP) is 1.78. The lowest BCUT2D eigenvalue weighted by atomic mass is 9.70. The number of nitrogens with zero attached hydrogens (tertiary/aromatic N) is 2. The van der Waals surface area contributed by atoms with E-state index in [-0.39, 0.29) is 0 Å². The lowest BCUT2D eigenvalue weighted by molar-refractivity contribution is 0.0631. The largest absolute Gasteiger partial charge is 0.327 e. The number of rotatable bonds is 2. The van der Waals surface area contributed by atoms with Gasteiger partial charge in [0.05, 0.1) is 0 Å². The maximum Gasteiger partial charge on any atom is 0.0192 e. The number of piperazine rings is 1. The highest BCUT2D eigenvalue weighted by Crippen LogP contribution is 2.38. The lowest BCUT2D eigenvalue weighted by Gasteiger charge is -2.44. The first-order valence-electron chi connectivity index (χ1n) is 7.55. The second-order valence-electron chi connectivity index (χ2n) is 7.42. The Bertz CT molecular complexity index is 277. The van der Waals surface area contributed by atoms with E-state index >= 15 is 0 Å². The summed E-state index contributed by atoms with van der Waals surface area (Å²) in [4.78, 5) is 5.10. The number of hydrogen-bond acceptors (Lipinski definition) is 3. The Morgan fingerprint density at radius 2 is 2.00 bits per heavy atom. The van der Waals surface area contributed by atoms with Crippen molar-refractivity contribution in [1.82, 2.24) is 9.80 Å². The van der Waals surface area contributed by atoms with E-state index in [1.165, 1.54) is 45.4 Å². The molecule has 106 valence electrons. The maximum absolute atomic E-state index is 6.34. The van der Waals surface area contributed by atoms with E-state index in [0.717, 1.165) is 0 Å². The van der Waals surface area contributed by atoms with Crippen LogP contribution in [0.25, 0.3) is 0 Å². The monoisotopic (exact) mass is 253 g/mol. The van der Waals surface area contributed by atoms with Crippen LogP contribution in [0.5, 0.6) is 0 Å². The average Bonchev–Trinajstić information content (AvgIpc) is 2.28. The van der Waals surface area contributed by atoms with Crippen molar-refractivity contribution < 1.29 is 0 Å². The minimum Gasteiger partial charge on any atom is -0.327 e. The van der Waals surface area contributed by atoms with Gasteiger partial charge in [0.25, 0.3) is 0 Å². The molecular weight excluding hydrogens is 222 g/mol. The molecule has 0 aromatic heterocycles. The Morgan fingerprint density at radius 3 is 2.67 bits per heavy atom. The van der Waals surface area contributed by atoms with Crippen LogP contribution in [0.4, 0.5) is 0 Å². The number of likely N-dealkylation sites (N-methyl/N-ethyl adjacent to an activating group) is 1. The zero-order chi connectivity index (χ0) is 13.3. The van der Waals surface area contributed by atoms with Crippen molar-refractivity contribution >= 4 is 0 Å². The van der Waals surface area contributed by atoms with Crippen LogP contribution in [0.2, 0.25) is 0 Å². The normalized spacial score (nSPS) is 38.8. The van der Waals surface area contributed by atoms with Crippen LogP contribution in [-0.2, 0) is 0 Å². The minimum absolute atomic E-state index is 0.424. The Labute approximate surface area is 113 Å². The van der Waals surface area contributed by atoms with Gasteiger partial charge >= 0.3 is 0 Å². The van der Waals surface area contributed by atoms with Gasteiger partial charge in [-0.3, -0.25) is 0 Å². The molecule has 3 nitrogen and oxygen atoms in total. The third-order valence-electron chi connectivity index (χ3n) is 5.11. The highest BCUT2D eigenvalue weighted by Gasteiger charge is 2.34. The molecule has 2 aliphatic rings. The predicted molar refractivity (Wildman–Crippen MR) is 77.6 cm³/mol. The summed E-state index contributed by atoms with van der Waals surface area (Å²) in [5, 5.41) is 0. The average molecular weight is 253 g/mol. The standard InChI is InChI=1S/C15H31N3/c1-12-10-18(8-7-17(12)4)11-13-9-15(2,3)6-5-14(13)16/h12-14H,5-11,16H2,1-4H3. The first kappa shape index (κ1) is 14.3. The molecule has 3 unspecified atom stereocenters. The fraction of sp³-hybridized carbons (Fsp3) is 1.00.